The third kappa shape index (κ3) is 2.90. The monoisotopic (exact) mass is 216 g/mol. The molecule has 1 fully saturated rings. The maximum atomic E-state index is 5.74. The first-order valence-electron chi connectivity index (χ1n) is 5.20. The summed E-state index contributed by atoms with van der Waals surface area (Å²) in [6, 6.07) is 0.690. The van der Waals surface area contributed by atoms with Gasteiger partial charge in [0.1, 0.15) is 0 Å². The summed E-state index contributed by atoms with van der Waals surface area (Å²) >= 11 is 5.09. The third-order valence-electron chi connectivity index (χ3n) is 2.85. The van der Waals surface area contributed by atoms with E-state index in [0.717, 1.165) is 19.6 Å². The van der Waals surface area contributed by atoms with Crippen LogP contribution < -0.4 is 5.73 Å². The van der Waals surface area contributed by atoms with E-state index in [0.29, 0.717) is 11.0 Å². The van der Waals surface area contributed by atoms with Crippen molar-refractivity contribution in [1.82, 2.24) is 4.90 Å². The van der Waals surface area contributed by atoms with Crippen molar-refractivity contribution in [3.63, 3.8) is 0 Å². The number of methoxy groups -OCH3 is 1. The van der Waals surface area contributed by atoms with Gasteiger partial charge in [0.25, 0.3) is 0 Å². The summed E-state index contributed by atoms with van der Waals surface area (Å²) in [7, 11) is 1.73. The lowest BCUT2D eigenvalue weighted by Gasteiger charge is -2.39. The van der Waals surface area contributed by atoms with Gasteiger partial charge in [-0.25, -0.2) is 0 Å². The fraction of sp³-hybridized carbons (Fsp3) is 0.900. The molecule has 0 aromatic carbocycles. The standard InChI is InChI=1S/C10H20N2OS/c1-8(7-13-2)12-6-4-3-5-9(12)10(11)14/h8-9H,3-7H2,1-2H3,(H2,11,14). The molecule has 0 aliphatic carbocycles. The molecule has 0 saturated carbocycles. The average molecular weight is 216 g/mol. The summed E-state index contributed by atoms with van der Waals surface area (Å²) in [6.45, 7) is 4.01. The number of likely N-dealkylation sites (tertiary alicyclic amines) is 1. The number of hydrogen-bond acceptors (Lipinski definition) is 3. The molecule has 0 radical (unpaired) electrons. The highest BCUT2D eigenvalue weighted by Crippen LogP contribution is 2.19. The zero-order valence-corrected chi connectivity index (χ0v) is 9.85. The Morgan fingerprint density at radius 3 is 2.93 bits per heavy atom. The van der Waals surface area contributed by atoms with E-state index in [1.807, 2.05) is 0 Å². The topological polar surface area (TPSA) is 38.5 Å². The SMILES string of the molecule is COCC(C)N1CCCCC1C(N)=S. The van der Waals surface area contributed by atoms with Crippen LogP contribution in [0.15, 0.2) is 0 Å². The second-order valence-electron chi connectivity index (χ2n) is 3.96. The van der Waals surface area contributed by atoms with Gasteiger partial charge in [0, 0.05) is 13.2 Å². The second kappa shape index (κ2) is 5.63. The van der Waals surface area contributed by atoms with Gasteiger partial charge in [-0.1, -0.05) is 18.6 Å². The van der Waals surface area contributed by atoms with Crippen molar-refractivity contribution in [2.45, 2.75) is 38.3 Å². The molecule has 1 saturated heterocycles. The average Bonchev–Trinajstić information content (AvgIpc) is 2.18. The van der Waals surface area contributed by atoms with E-state index >= 15 is 0 Å². The number of rotatable bonds is 4. The van der Waals surface area contributed by atoms with Gasteiger partial charge in [-0.05, 0) is 26.3 Å². The molecule has 2 unspecified atom stereocenters. The highest BCUT2D eigenvalue weighted by atomic mass is 32.1. The van der Waals surface area contributed by atoms with Gasteiger partial charge < -0.3 is 10.5 Å². The predicted molar refractivity (Wildman–Crippen MR) is 62.5 cm³/mol. The smallest absolute Gasteiger partial charge is 0.0902 e. The number of thiocarbonyl (C=S) groups is 1. The lowest BCUT2D eigenvalue weighted by molar-refractivity contribution is 0.0707. The molecule has 1 aliphatic heterocycles. The minimum atomic E-state index is 0.281. The lowest BCUT2D eigenvalue weighted by Crippen LogP contribution is -2.52. The first kappa shape index (κ1) is 11.9. The van der Waals surface area contributed by atoms with Crippen LogP contribution in [0.3, 0.4) is 0 Å². The number of hydrogen-bond donors (Lipinski definition) is 1. The van der Waals surface area contributed by atoms with E-state index in [9.17, 15) is 0 Å². The summed E-state index contributed by atoms with van der Waals surface area (Å²) in [6.07, 6.45) is 3.58. The van der Waals surface area contributed by atoms with Crippen LogP contribution in [0.25, 0.3) is 0 Å². The van der Waals surface area contributed by atoms with Crippen LogP contribution >= 0.6 is 12.2 Å². The molecule has 0 aromatic heterocycles. The zero-order valence-electron chi connectivity index (χ0n) is 9.03. The fourth-order valence-electron chi connectivity index (χ4n) is 2.12. The van der Waals surface area contributed by atoms with Gasteiger partial charge in [0.05, 0.1) is 17.6 Å². The summed E-state index contributed by atoms with van der Waals surface area (Å²) in [5.74, 6) is 0. The molecule has 82 valence electrons. The molecular weight excluding hydrogens is 196 g/mol. The molecular formula is C10H20N2OS. The molecule has 2 N–H and O–H groups in total. The Hall–Kier alpha value is -0.190. The van der Waals surface area contributed by atoms with Crippen LogP contribution in [-0.4, -0.2) is 42.2 Å². The lowest BCUT2D eigenvalue weighted by atomic mass is 10.0. The first-order valence-corrected chi connectivity index (χ1v) is 5.61. The number of nitrogens with zero attached hydrogens (tertiary/aromatic N) is 1. The molecule has 0 bridgehead atoms. The van der Waals surface area contributed by atoms with Crippen molar-refractivity contribution in [3.8, 4) is 0 Å². The van der Waals surface area contributed by atoms with Gasteiger partial charge in [0.2, 0.25) is 0 Å². The minimum absolute atomic E-state index is 0.281. The fourth-order valence-corrected chi connectivity index (χ4v) is 2.38. The molecule has 0 aromatic rings. The third-order valence-corrected chi connectivity index (χ3v) is 3.12. The summed E-state index contributed by atoms with van der Waals surface area (Å²) in [5, 5.41) is 0. The molecule has 0 amide bonds. The van der Waals surface area contributed by atoms with Gasteiger partial charge in [-0.2, -0.15) is 0 Å². The maximum Gasteiger partial charge on any atom is 0.0902 e. The summed E-state index contributed by atoms with van der Waals surface area (Å²) < 4.78 is 5.16. The van der Waals surface area contributed by atoms with E-state index in [4.69, 9.17) is 22.7 Å². The van der Waals surface area contributed by atoms with Crippen molar-refractivity contribution in [2.24, 2.45) is 5.73 Å². The Balaban J connectivity index is 2.57. The first-order chi connectivity index (χ1) is 6.66. The normalized spacial score (nSPS) is 26.0. The van der Waals surface area contributed by atoms with Gasteiger partial charge in [0.15, 0.2) is 0 Å². The molecule has 1 heterocycles. The van der Waals surface area contributed by atoms with Crippen LogP contribution in [0, 0.1) is 0 Å². The van der Waals surface area contributed by atoms with Crippen LogP contribution in [0.2, 0.25) is 0 Å². The van der Waals surface area contributed by atoms with E-state index in [1.54, 1.807) is 7.11 Å². The Labute approximate surface area is 91.6 Å². The van der Waals surface area contributed by atoms with Crippen LogP contribution in [0.1, 0.15) is 26.2 Å². The Morgan fingerprint density at radius 1 is 1.64 bits per heavy atom. The van der Waals surface area contributed by atoms with Crippen molar-refractivity contribution >= 4 is 17.2 Å². The largest absolute Gasteiger partial charge is 0.392 e. The Kier molecular flexibility index (Phi) is 4.78. The van der Waals surface area contributed by atoms with Crippen molar-refractivity contribution in [2.75, 3.05) is 20.3 Å². The van der Waals surface area contributed by atoms with Crippen molar-refractivity contribution in [1.29, 1.82) is 0 Å². The molecule has 4 heteroatoms. The van der Waals surface area contributed by atoms with Crippen LogP contribution in [0.5, 0.6) is 0 Å². The molecule has 2 atom stereocenters. The quantitative estimate of drug-likeness (QED) is 0.716. The molecule has 1 rings (SSSR count). The summed E-state index contributed by atoms with van der Waals surface area (Å²) in [5.41, 5.74) is 5.74. The highest BCUT2D eigenvalue weighted by molar-refractivity contribution is 7.80. The van der Waals surface area contributed by atoms with Crippen LogP contribution in [0.4, 0.5) is 0 Å². The Morgan fingerprint density at radius 2 is 2.36 bits per heavy atom. The van der Waals surface area contributed by atoms with E-state index in [1.165, 1.54) is 12.8 Å². The second-order valence-corrected chi connectivity index (χ2v) is 4.43. The maximum absolute atomic E-state index is 5.74. The van der Waals surface area contributed by atoms with Gasteiger partial charge in [-0.15, -0.1) is 0 Å². The summed E-state index contributed by atoms with van der Waals surface area (Å²) in [4.78, 5) is 3.00. The number of nitrogens with two attached hydrogens (primary N) is 1. The molecule has 14 heavy (non-hydrogen) atoms. The highest BCUT2D eigenvalue weighted by Gasteiger charge is 2.27. The van der Waals surface area contributed by atoms with Crippen LogP contribution in [-0.2, 0) is 4.74 Å². The van der Waals surface area contributed by atoms with Crippen molar-refractivity contribution < 1.29 is 4.74 Å². The molecule has 3 nitrogen and oxygen atoms in total. The predicted octanol–water partition coefficient (Wildman–Crippen LogP) is 1.16. The van der Waals surface area contributed by atoms with Gasteiger partial charge in [-0.3, -0.25) is 4.90 Å². The number of piperidine rings is 1. The van der Waals surface area contributed by atoms with E-state index < -0.39 is 0 Å². The van der Waals surface area contributed by atoms with E-state index in [2.05, 4.69) is 11.8 Å². The Bertz CT molecular complexity index is 199. The van der Waals surface area contributed by atoms with Crippen molar-refractivity contribution in [3.05, 3.63) is 0 Å². The minimum Gasteiger partial charge on any atom is -0.392 e. The van der Waals surface area contributed by atoms with Gasteiger partial charge >= 0.3 is 0 Å². The zero-order chi connectivity index (χ0) is 10.6. The van der Waals surface area contributed by atoms with E-state index in [-0.39, 0.29) is 6.04 Å². The number of ether oxygens (including phenoxy) is 1. The molecule has 1 aliphatic rings. The molecule has 0 spiro atoms.